The Morgan fingerprint density at radius 2 is 2.28 bits per heavy atom. The SMILES string of the molecule is CCOC(=O)[C@]12CCCC[C@H]1Oc1ccccc12. The number of ether oxygens (including phenoxy) is 2. The van der Waals surface area contributed by atoms with Crippen LogP contribution in [-0.4, -0.2) is 18.7 Å². The Balaban J connectivity index is 2.08. The molecule has 1 aromatic rings. The Labute approximate surface area is 107 Å². The van der Waals surface area contributed by atoms with E-state index >= 15 is 0 Å². The lowest BCUT2D eigenvalue weighted by Crippen LogP contribution is -2.48. The van der Waals surface area contributed by atoms with Gasteiger partial charge in [0.2, 0.25) is 0 Å². The number of carbonyl (C=O) groups excluding carboxylic acids is 1. The normalized spacial score (nSPS) is 29.1. The minimum atomic E-state index is -0.551. The number of benzene rings is 1. The van der Waals surface area contributed by atoms with E-state index in [0.29, 0.717) is 6.61 Å². The van der Waals surface area contributed by atoms with Gasteiger partial charge in [-0.05, 0) is 32.3 Å². The highest BCUT2D eigenvalue weighted by Gasteiger charge is 2.56. The predicted molar refractivity (Wildman–Crippen MR) is 67.6 cm³/mol. The smallest absolute Gasteiger partial charge is 0.320 e. The largest absolute Gasteiger partial charge is 0.489 e. The van der Waals surface area contributed by atoms with Crippen LogP contribution in [0.4, 0.5) is 0 Å². The molecule has 0 N–H and O–H groups in total. The molecule has 2 atom stereocenters. The van der Waals surface area contributed by atoms with Crippen LogP contribution < -0.4 is 4.74 Å². The number of rotatable bonds is 2. The van der Waals surface area contributed by atoms with Gasteiger partial charge in [-0.15, -0.1) is 0 Å². The highest BCUT2D eigenvalue weighted by molar-refractivity contribution is 5.86. The van der Waals surface area contributed by atoms with Gasteiger partial charge < -0.3 is 9.47 Å². The maximum atomic E-state index is 12.5. The molecule has 0 amide bonds. The first kappa shape index (κ1) is 11.6. The summed E-state index contributed by atoms with van der Waals surface area (Å²) < 4.78 is 11.3. The average Bonchev–Trinajstić information content (AvgIpc) is 2.74. The molecule has 0 unspecified atom stereocenters. The number of hydrogen-bond acceptors (Lipinski definition) is 3. The molecule has 0 spiro atoms. The fourth-order valence-corrected chi connectivity index (χ4v) is 3.30. The number of fused-ring (bicyclic) bond motifs is 3. The first-order valence-corrected chi connectivity index (χ1v) is 6.72. The monoisotopic (exact) mass is 246 g/mol. The van der Waals surface area contributed by atoms with E-state index < -0.39 is 5.41 Å². The van der Waals surface area contributed by atoms with Crippen molar-refractivity contribution in [1.82, 2.24) is 0 Å². The fraction of sp³-hybridized carbons (Fsp3) is 0.533. The van der Waals surface area contributed by atoms with Gasteiger partial charge in [-0.3, -0.25) is 4.79 Å². The molecule has 0 aromatic heterocycles. The molecular weight excluding hydrogens is 228 g/mol. The van der Waals surface area contributed by atoms with E-state index in [1.807, 2.05) is 31.2 Å². The molecule has 2 aliphatic rings. The molecule has 0 saturated heterocycles. The van der Waals surface area contributed by atoms with Crippen molar-refractivity contribution in [3.63, 3.8) is 0 Å². The van der Waals surface area contributed by atoms with E-state index in [9.17, 15) is 4.79 Å². The quantitative estimate of drug-likeness (QED) is 0.753. The van der Waals surface area contributed by atoms with E-state index in [2.05, 4.69) is 0 Å². The lowest BCUT2D eigenvalue weighted by atomic mass is 9.68. The van der Waals surface area contributed by atoms with Gasteiger partial charge >= 0.3 is 5.97 Å². The van der Waals surface area contributed by atoms with Crippen LogP contribution >= 0.6 is 0 Å². The molecule has 3 nitrogen and oxygen atoms in total. The summed E-state index contributed by atoms with van der Waals surface area (Å²) in [6.07, 6.45) is 3.93. The molecule has 3 rings (SSSR count). The van der Waals surface area contributed by atoms with Gasteiger partial charge in [-0.25, -0.2) is 0 Å². The molecule has 18 heavy (non-hydrogen) atoms. The number of para-hydroxylation sites is 1. The third-order valence-electron chi connectivity index (χ3n) is 4.11. The molecule has 1 aliphatic heterocycles. The van der Waals surface area contributed by atoms with Gasteiger partial charge in [0.1, 0.15) is 17.3 Å². The van der Waals surface area contributed by atoms with Crippen molar-refractivity contribution in [2.45, 2.75) is 44.1 Å². The van der Waals surface area contributed by atoms with E-state index in [4.69, 9.17) is 9.47 Å². The number of hydrogen-bond donors (Lipinski definition) is 0. The van der Waals surface area contributed by atoms with Crippen molar-refractivity contribution >= 4 is 5.97 Å². The molecular formula is C15H18O3. The van der Waals surface area contributed by atoms with Crippen LogP contribution in [0.15, 0.2) is 24.3 Å². The van der Waals surface area contributed by atoms with Gasteiger partial charge in [0.05, 0.1) is 6.61 Å². The van der Waals surface area contributed by atoms with Crippen molar-refractivity contribution in [1.29, 1.82) is 0 Å². The maximum Gasteiger partial charge on any atom is 0.320 e. The Kier molecular flexibility index (Phi) is 2.77. The first-order valence-electron chi connectivity index (χ1n) is 6.72. The maximum absolute atomic E-state index is 12.5. The van der Waals surface area contributed by atoms with Crippen LogP contribution in [0.2, 0.25) is 0 Å². The van der Waals surface area contributed by atoms with Crippen LogP contribution in [0, 0.1) is 0 Å². The summed E-state index contributed by atoms with van der Waals surface area (Å²) in [6, 6.07) is 7.89. The van der Waals surface area contributed by atoms with Crippen LogP contribution in [-0.2, 0) is 14.9 Å². The molecule has 1 aliphatic carbocycles. The first-order chi connectivity index (χ1) is 8.79. The average molecular weight is 246 g/mol. The summed E-state index contributed by atoms with van der Waals surface area (Å²) in [5.41, 5.74) is 0.471. The molecule has 0 bridgehead atoms. The third-order valence-corrected chi connectivity index (χ3v) is 4.11. The number of esters is 1. The second kappa shape index (κ2) is 4.30. The Morgan fingerprint density at radius 1 is 1.44 bits per heavy atom. The van der Waals surface area contributed by atoms with Crippen molar-refractivity contribution < 1.29 is 14.3 Å². The summed E-state index contributed by atoms with van der Waals surface area (Å²) in [5.74, 6) is 0.747. The van der Waals surface area contributed by atoms with Crippen LogP contribution in [0.5, 0.6) is 5.75 Å². The summed E-state index contributed by atoms with van der Waals surface area (Å²) in [5, 5.41) is 0. The lowest BCUT2D eigenvalue weighted by molar-refractivity contribution is -0.154. The zero-order valence-electron chi connectivity index (χ0n) is 10.6. The van der Waals surface area contributed by atoms with Crippen molar-refractivity contribution in [3.8, 4) is 5.75 Å². The van der Waals surface area contributed by atoms with Crippen molar-refractivity contribution in [3.05, 3.63) is 29.8 Å². The third kappa shape index (κ3) is 1.46. The highest BCUT2D eigenvalue weighted by atomic mass is 16.5. The second-order valence-electron chi connectivity index (χ2n) is 5.04. The molecule has 1 heterocycles. The zero-order valence-corrected chi connectivity index (χ0v) is 10.6. The van der Waals surface area contributed by atoms with E-state index in [1.165, 1.54) is 0 Å². The lowest BCUT2D eigenvalue weighted by Gasteiger charge is -2.35. The minimum Gasteiger partial charge on any atom is -0.489 e. The predicted octanol–water partition coefficient (Wildman–Crippen LogP) is 2.82. The van der Waals surface area contributed by atoms with E-state index in [0.717, 1.165) is 37.0 Å². The van der Waals surface area contributed by atoms with Crippen molar-refractivity contribution in [2.24, 2.45) is 0 Å². The summed E-state index contributed by atoms with van der Waals surface area (Å²) in [7, 11) is 0. The summed E-state index contributed by atoms with van der Waals surface area (Å²) in [6.45, 7) is 2.28. The van der Waals surface area contributed by atoms with Gasteiger partial charge in [0, 0.05) is 5.56 Å². The molecule has 0 radical (unpaired) electrons. The van der Waals surface area contributed by atoms with Crippen LogP contribution in [0.1, 0.15) is 38.2 Å². The molecule has 1 fully saturated rings. The Bertz CT molecular complexity index is 469. The van der Waals surface area contributed by atoms with Gasteiger partial charge in [0.15, 0.2) is 0 Å². The Hall–Kier alpha value is -1.51. The molecule has 96 valence electrons. The van der Waals surface area contributed by atoms with Gasteiger partial charge in [-0.1, -0.05) is 24.6 Å². The Morgan fingerprint density at radius 3 is 3.11 bits per heavy atom. The standard InChI is InChI=1S/C15H18O3/c1-2-17-14(16)15-10-6-5-9-13(15)18-12-8-4-3-7-11(12)15/h3-4,7-8,13H,2,5-6,9-10H2,1H3/t13-,15+/m1/s1. The fourth-order valence-electron chi connectivity index (χ4n) is 3.30. The highest BCUT2D eigenvalue weighted by Crippen LogP contribution is 2.50. The molecule has 1 aromatic carbocycles. The van der Waals surface area contributed by atoms with Crippen molar-refractivity contribution in [2.75, 3.05) is 6.61 Å². The zero-order chi connectivity index (χ0) is 12.6. The topological polar surface area (TPSA) is 35.5 Å². The van der Waals surface area contributed by atoms with E-state index in [-0.39, 0.29) is 12.1 Å². The van der Waals surface area contributed by atoms with Crippen LogP contribution in [0.25, 0.3) is 0 Å². The summed E-state index contributed by atoms with van der Waals surface area (Å²) >= 11 is 0. The number of carbonyl (C=O) groups is 1. The van der Waals surface area contributed by atoms with Gasteiger partial charge in [0.25, 0.3) is 0 Å². The molecule has 3 heteroatoms. The van der Waals surface area contributed by atoms with Gasteiger partial charge in [-0.2, -0.15) is 0 Å². The second-order valence-corrected chi connectivity index (χ2v) is 5.04. The minimum absolute atomic E-state index is 0.0392. The van der Waals surface area contributed by atoms with Crippen LogP contribution in [0.3, 0.4) is 0 Å². The summed E-state index contributed by atoms with van der Waals surface area (Å²) in [4.78, 5) is 12.5. The molecule has 1 saturated carbocycles. The van der Waals surface area contributed by atoms with E-state index in [1.54, 1.807) is 0 Å².